The normalized spacial score (nSPS) is 12.5. The molecule has 23 heavy (non-hydrogen) atoms. The second kappa shape index (κ2) is 4.88. The van der Waals surface area contributed by atoms with Crippen LogP contribution in [0.25, 0.3) is 22.1 Å². The zero-order chi connectivity index (χ0) is 16.0. The number of benzene rings is 2. The quantitative estimate of drug-likeness (QED) is 0.783. The molecule has 114 valence electrons. The summed E-state index contributed by atoms with van der Waals surface area (Å²) in [4.78, 5) is 23.6. The summed E-state index contributed by atoms with van der Waals surface area (Å²) in [7, 11) is 0. The van der Waals surface area contributed by atoms with E-state index >= 15 is 0 Å². The highest BCUT2D eigenvalue weighted by Crippen LogP contribution is 2.38. The van der Waals surface area contributed by atoms with Gasteiger partial charge in [-0.25, -0.2) is 4.79 Å². The lowest BCUT2D eigenvalue weighted by Gasteiger charge is -2.05. The molecule has 1 N–H and O–H groups in total. The highest BCUT2D eigenvalue weighted by molar-refractivity contribution is 5.90. The molecule has 4 rings (SSSR count). The van der Waals surface area contributed by atoms with Crippen LogP contribution in [0.1, 0.15) is 10.4 Å². The average Bonchev–Trinajstić information content (AvgIpc) is 3.04. The van der Waals surface area contributed by atoms with E-state index in [9.17, 15) is 9.59 Å². The topological polar surface area (TPSA) is 86.0 Å². The summed E-state index contributed by atoms with van der Waals surface area (Å²) in [5.74, 6) is -0.0543. The van der Waals surface area contributed by atoms with E-state index in [1.807, 2.05) is 0 Å². The second-order valence-electron chi connectivity index (χ2n) is 5.04. The van der Waals surface area contributed by atoms with Crippen molar-refractivity contribution in [3.8, 4) is 22.6 Å². The first-order chi connectivity index (χ1) is 11.1. The Morgan fingerprint density at radius 2 is 1.83 bits per heavy atom. The maximum atomic E-state index is 12.7. The molecule has 0 unspecified atom stereocenters. The minimum atomic E-state index is -1.02. The van der Waals surface area contributed by atoms with E-state index < -0.39 is 5.97 Å². The fraction of sp³-hybridized carbons (Fsp3) is 0.0588. The predicted molar refractivity (Wildman–Crippen MR) is 81.0 cm³/mol. The third kappa shape index (κ3) is 2.03. The molecule has 2 heterocycles. The first-order valence-corrected chi connectivity index (χ1v) is 6.83. The number of fused-ring (bicyclic) bond motifs is 3. The van der Waals surface area contributed by atoms with Gasteiger partial charge in [0.05, 0.1) is 16.5 Å². The van der Waals surface area contributed by atoms with Gasteiger partial charge in [-0.2, -0.15) is 0 Å². The molecule has 0 spiro atoms. The van der Waals surface area contributed by atoms with Crippen molar-refractivity contribution in [2.24, 2.45) is 0 Å². The van der Waals surface area contributed by atoms with Crippen LogP contribution in [0.15, 0.2) is 51.9 Å². The maximum absolute atomic E-state index is 12.7. The molecule has 0 aliphatic carbocycles. The van der Waals surface area contributed by atoms with E-state index in [1.165, 1.54) is 18.4 Å². The third-order valence-corrected chi connectivity index (χ3v) is 3.72. The second-order valence-corrected chi connectivity index (χ2v) is 5.04. The van der Waals surface area contributed by atoms with Crippen LogP contribution in [-0.2, 0) is 0 Å². The Morgan fingerprint density at radius 3 is 2.57 bits per heavy atom. The molecule has 1 aliphatic rings. The van der Waals surface area contributed by atoms with Crippen molar-refractivity contribution in [3.63, 3.8) is 0 Å². The first-order valence-electron chi connectivity index (χ1n) is 6.83. The minimum Gasteiger partial charge on any atom is -0.478 e. The molecule has 0 radical (unpaired) electrons. The lowest BCUT2D eigenvalue weighted by molar-refractivity contribution is 0.0697. The largest absolute Gasteiger partial charge is 0.478 e. The number of carboxylic acid groups (broad SMARTS) is 1. The number of rotatable bonds is 2. The summed E-state index contributed by atoms with van der Waals surface area (Å²) in [6.45, 7) is 0.0938. The number of hydrogen-bond acceptors (Lipinski definition) is 5. The van der Waals surface area contributed by atoms with Crippen molar-refractivity contribution in [1.82, 2.24) is 0 Å². The highest BCUT2D eigenvalue weighted by atomic mass is 16.7. The fourth-order valence-corrected chi connectivity index (χ4v) is 2.55. The molecule has 0 saturated carbocycles. The minimum absolute atomic E-state index is 0.0938. The van der Waals surface area contributed by atoms with Crippen molar-refractivity contribution in [2.45, 2.75) is 0 Å². The summed E-state index contributed by atoms with van der Waals surface area (Å²) < 4.78 is 16.2. The third-order valence-electron chi connectivity index (χ3n) is 3.72. The lowest BCUT2D eigenvalue weighted by Crippen LogP contribution is -2.05. The first kappa shape index (κ1) is 13.4. The molecule has 0 fully saturated rings. The van der Waals surface area contributed by atoms with E-state index in [2.05, 4.69) is 0 Å². The van der Waals surface area contributed by atoms with Gasteiger partial charge >= 0.3 is 5.97 Å². The van der Waals surface area contributed by atoms with Gasteiger partial charge < -0.3 is 19.0 Å². The summed E-state index contributed by atoms with van der Waals surface area (Å²) in [5, 5.41) is 9.31. The predicted octanol–water partition coefficient (Wildman–Crippen LogP) is 2.89. The zero-order valence-corrected chi connectivity index (χ0v) is 11.7. The summed E-state index contributed by atoms with van der Waals surface area (Å²) in [6, 6.07) is 9.34. The van der Waals surface area contributed by atoms with E-state index in [0.29, 0.717) is 33.6 Å². The van der Waals surface area contributed by atoms with Crippen LogP contribution in [0.2, 0.25) is 0 Å². The Bertz CT molecular complexity index is 984. The maximum Gasteiger partial charge on any atom is 0.335 e. The van der Waals surface area contributed by atoms with Crippen molar-refractivity contribution in [1.29, 1.82) is 0 Å². The molecule has 0 saturated heterocycles. The fourth-order valence-electron chi connectivity index (χ4n) is 2.55. The van der Waals surface area contributed by atoms with Gasteiger partial charge in [0.2, 0.25) is 18.0 Å². The summed E-state index contributed by atoms with van der Waals surface area (Å²) >= 11 is 0. The SMILES string of the molecule is O=C(O)c1ccc(-c2coc3c4c(ccc3c2=O)OCO4)cc1. The van der Waals surface area contributed by atoms with Gasteiger partial charge in [0.1, 0.15) is 6.26 Å². The molecule has 6 heteroatoms. The van der Waals surface area contributed by atoms with E-state index in [-0.39, 0.29) is 17.8 Å². The standard InChI is InChI=1S/C17H10O6/c18-14-11-5-6-13-16(23-8-22-13)15(11)21-7-12(14)9-1-3-10(4-2-9)17(19)20/h1-7H,8H2,(H,19,20). The Kier molecular flexibility index (Phi) is 2.84. The molecule has 3 aromatic rings. The van der Waals surface area contributed by atoms with Gasteiger partial charge in [-0.05, 0) is 29.8 Å². The molecule has 6 nitrogen and oxygen atoms in total. The van der Waals surface area contributed by atoms with Gasteiger partial charge in [-0.3, -0.25) is 4.79 Å². The Morgan fingerprint density at radius 1 is 1.04 bits per heavy atom. The Balaban J connectivity index is 1.89. The van der Waals surface area contributed by atoms with Crippen LogP contribution >= 0.6 is 0 Å². The van der Waals surface area contributed by atoms with Crippen LogP contribution in [0.3, 0.4) is 0 Å². The van der Waals surface area contributed by atoms with Crippen LogP contribution in [0.4, 0.5) is 0 Å². The molecule has 0 bridgehead atoms. The molecule has 1 aromatic heterocycles. The molecule has 2 aromatic carbocycles. The number of ether oxygens (including phenoxy) is 2. The monoisotopic (exact) mass is 310 g/mol. The van der Waals surface area contributed by atoms with Crippen molar-refractivity contribution in [2.75, 3.05) is 6.79 Å². The smallest absolute Gasteiger partial charge is 0.335 e. The van der Waals surface area contributed by atoms with Gasteiger partial charge in [-0.1, -0.05) is 12.1 Å². The highest BCUT2D eigenvalue weighted by Gasteiger charge is 2.21. The van der Waals surface area contributed by atoms with E-state index in [4.69, 9.17) is 19.0 Å². The van der Waals surface area contributed by atoms with Crippen LogP contribution in [-0.4, -0.2) is 17.9 Å². The Labute approximate surface area is 129 Å². The molecule has 0 atom stereocenters. The molecular weight excluding hydrogens is 300 g/mol. The van der Waals surface area contributed by atoms with Gasteiger partial charge in [-0.15, -0.1) is 0 Å². The Hall–Kier alpha value is -3.28. The average molecular weight is 310 g/mol. The molecular formula is C17H10O6. The number of carboxylic acids is 1. The lowest BCUT2D eigenvalue weighted by atomic mass is 10.0. The van der Waals surface area contributed by atoms with E-state index in [0.717, 1.165) is 0 Å². The van der Waals surface area contributed by atoms with Gasteiger partial charge in [0, 0.05) is 0 Å². The van der Waals surface area contributed by atoms with Gasteiger partial charge in [0.15, 0.2) is 11.3 Å². The number of carbonyl (C=O) groups is 1. The molecule has 0 amide bonds. The number of aromatic carboxylic acids is 1. The number of hydrogen-bond donors (Lipinski definition) is 1. The van der Waals surface area contributed by atoms with Crippen LogP contribution < -0.4 is 14.9 Å². The van der Waals surface area contributed by atoms with Crippen molar-refractivity contribution >= 4 is 16.9 Å². The zero-order valence-electron chi connectivity index (χ0n) is 11.7. The van der Waals surface area contributed by atoms with Crippen LogP contribution in [0, 0.1) is 0 Å². The van der Waals surface area contributed by atoms with Crippen molar-refractivity contribution < 1.29 is 23.8 Å². The van der Waals surface area contributed by atoms with Crippen molar-refractivity contribution in [3.05, 3.63) is 58.4 Å². The summed E-state index contributed by atoms with van der Waals surface area (Å²) in [5.41, 5.74) is 1.22. The van der Waals surface area contributed by atoms with E-state index in [1.54, 1.807) is 24.3 Å². The summed E-state index contributed by atoms with van der Waals surface area (Å²) in [6.07, 6.45) is 1.35. The molecule has 1 aliphatic heterocycles. The van der Waals surface area contributed by atoms with Crippen LogP contribution in [0.5, 0.6) is 11.5 Å². The van der Waals surface area contributed by atoms with Gasteiger partial charge in [0.25, 0.3) is 0 Å².